The van der Waals surface area contributed by atoms with Gasteiger partial charge in [0.05, 0.1) is 17.5 Å². The van der Waals surface area contributed by atoms with E-state index >= 15 is 0 Å². The summed E-state index contributed by atoms with van der Waals surface area (Å²) >= 11 is 0. The van der Waals surface area contributed by atoms with Crippen LogP contribution in [0.15, 0.2) is 49.3 Å². The van der Waals surface area contributed by atoms with Crippen molar-refractivity contribution in [2.45, 2.75) is 56.8 Å². The maximum atomic E-state index is 6.45. The Hall–Kier alpha value is -3.17. The minimum absolute atomic E-state index is 0.0423. The molecule has 1 spiro atoms. The smallest absolute Gasteiger partial charge is 0.163 e. The highest BCUT2D eigenvalue weighted by Gasteiger charge is 2.73. The quantitative estimate of drug-likeness (QED) is 0.531. The molecule has 5 heterocycles. The van der Waals surface area contributed by atoms with Crippen LogP contribution in [0.2, 0.25) is 0 Å². The van der Waals surface area contributed by atoms with Crippen molar-refractivity contribution in [2.24, 2.45) is 5.41 Å². The molecule has 1 saturated heterocycles. The molecule has 9 nitrogen and oxygen atoms in total. The predicted octanol–water partition coefficient (Wildman–Crippen LogP) is 2.96. The van der Waals surface area contributed by atoms with E-state index in [1.165, 1.54) is 6.33 Å². The molecular weight excluding hydrogens is 408 g/mol. The molecule has 7 rings (SSSR count). The average Bonchev–Trinajstić information content (AvgIpc) is 3.19. The van der Waals surface area contributed by atoms with Crippen molar-refractivity contribution in [3.05, 3.63) is 49.3 Å². The van der Waals surface area contributed by atoms with Gasteiger partial charge in [-0.25, -0.2) is 15.0 Å². The molecule has 5 atom stereocenters. The zero-order valence-corrected chi connectivity index (χ0v) is 17.9. The Morgan fingerprint density at radius 3 is 2.91 bits per heavy atom. The fourth-order valence-electron chi connectivity index (χ4n) is 5.74. The van der Waals surface area contributed by atoms with Crippen molar-refractivity contribution >= 4 is 22.5 Å². The summed E-state index contributed by atoms with van der Waals surface area (Å²) < 4.78 is 23.5. The Bertz CT molecular complexity index is 1360. The summed E-state index contributed by atoms with van der Waals surface area (Å²) in [6.45, 7) is 3.96. The van der Waals surface area contributed by atoms with Gasteiger partial charge in [0.15, 0.2) is 5.79 Å². The number of rotatable bonds is 3. The van der Waals surface area contributed by atoms with Crippen LogP contribution in [0, 0.1) is 5.41 Å². The van der Waals surface area contributed by atoms with E-state index in [2.05, 4.69) is 19.5 Å². The van der Waals surface area contributed by atoms with E-state index in [1.54, 1.807) is 6.20 Å². The molecule has 2 saturated carbocycles. The highest BCUT2D eigenvalue weighted by atomic mass is 16.8. The van der Waals surface area contributed by atoms with Gasteiger partial charge in [0.2, 0.25) is 0 Å². The second kappa shape index (κ2) is 5.99. The largest absolute Gasteiger partial charge is 0.490 e. The highest BCUT2D eigenvalue weighted by molar-refractivity contribution is 5.86. The first-order valence-corrected chi connectivity index (χ1v) is 11.0. The molecule has 2 N–H and O–H groups in total. The monoisotopic (exact) mass is 432 g/mol. The summed E-state index contributed by atoms with van der Waals surface area (Å²) in [5, 5.41) is 0.861. The minimum Gasteiger partial charge on any atom is -0.490 e. The van der Waals surface area contributed by atoms with Gasteiger partial charge < -0.3 is 28.9 Å². The van der Waals surface area contributed by atoms with Crippen LogP contribution in [0.5, 0.6) is 5.75 Å². The molecule has 1 aliphatic heterocycles. The maximum absolute atomic E-state index is 6.45. The van der Waals surface area contributed by atoms with Gasteiger partial charge in [-0.1, -0.05) is 0 Å². The van der Waals surface area contributed by atoms with E-state index in [-0.39, 0.29) is 29.8 Å². The van der Waals surface area contributed by atoms with Gasteiger partial charge in [0, 0.05) is 36.3 Å². The number of hydrogen-bond donors (Lipinski definition) is 1. The zero-order valence-electron chi connectivity index (χ0n) is 17.9. The maximum Gasteiger partial charge on any atom is 0.163 e. The van der Waals surface area contributed by atoms with Crippen molar-refractivity contribution < 1.29 is 14.2 Å². The second-order valence-corrected chi connectivity index (χ2v) is 9.61. The number of nitrogens with zero attached hydrogens (tertiary/aromatic N) is 5. The first-order chi connectivity index (χ1) is 15.4. The number of nitrogen functional groups attached to an aromatic ring is 1. The molecule has 0 aromatic carbocycles. The Kier molecular flexibility index (Phi) is 3.45. The van der Waals surface area contributed by atoms with Gasteiger partial charge in [-0.05, 0) is 38.8 Å². The molecule has 2 aliphatic carbocycles. The van der Waals surface area contributed by atoms with Gasteiger partial charge in [-0.15, -0.1) is 0 Å². The fraction of sp³-hybridized carbons (Fsp3) is 0.435. The SMILES string of the molecule is CC1(C)O[C@H]2[C@H](n3ccc4c(N)ncnc43)CC3(CC3Oc3ccn4ccnc4c3)[C@H]2O1. The van der Waals surface area contributed by atoms with Crippen molar-refractivity contribution in [3.8, 4) is 5.75 Å². The fourth-order valence-corrected chi connectivity index (χ4v) is 5.74. The van der Waals surface area contributed by atoms with E-state index in [0.717, 1.165) is 35.3 Å². The van der Waals surface area contributed by atoms with Crippen LogP contribution < -0.4 is 10.5 Å². The van der Waals surface area contributed by atoms with E-state index in [0.29, 0.717) is 5.82 Å². The lowest BCUT2D eigenvalue weighted by atomic mass is 10.0. The van der Waals surface area contributed by atoms with Crippen LogP contribution in [0.25, 0.3) is 16.7 Å². The number of hydrogen-bond acceptors (Lipinski definition) is 7. The van der Waals surface area contributed by atoms with Crippen LogP contribution in [0.1, 0.15) is 32.7 Å². The lowest BCUT2D eigenvalue weighted by Crippen LogP contribution is -2.29. The summed E-state index contributed by atoms with van der Waals surface area (Å²) in [6.07, 6.45) is 11.0. The molecule has 3 fully saturated rings. The van der Waals surface area contributed by atoms with Gasteiger partial charge in [-0.2, -0.15) is 0 Å². The summed E-state index contributed by atoms with van der Waals surface area (Å²) in [6, 6.07) is 6.02. The van der Waals surface area contributed by atoms with Crippen LogP contribution in [0.4, 0.5) is 5.82 Å². The molecule has 4 aromatic heterocycles. The molecule has 0 radical (unpaired) electrons. The van der Waals surface area contributed by atoms with Crippen molar-refractivity contribution in [1.29, 1.82) is 0 Å². The third-order valence-corrected chi connectivity index (χ3v) is 7.26. The molecule has 164 valence electrons. The lowest BCUT2D eigenvalue weighted by molar-refractivity contribution is -0.163. The van der Waals surface area contributed by atoms with Gasteiger partial charge in [-0.3, -0.25) is 0 Å². The van der Waals surface area contributed by atoms with Crippen molar-refractivity contribution in [2.75, 3.05) is 5.73 Å². The summed E-state index contributed by atoms with van der Waals surface area (Å²) in [5.41, 5.74) is 7.68. The average molecular weight is 432 g/mol. The molecule has 0 bridgehead atoms. The van der Waals surface area contributed by atoms with Crippen molar-refractivity contribution in [1.82, 2.24) is 23.9 Å². The normalized spacial score (nSPS) is 32.7. The van der Waals surface area contributed by atoms with Crippen LogP contribution in [-0.4, -0.2) is 48.0 Å². The molecule has 32 heavy (non-hydrogen) atoms. The van der Waals surface area contributed by atoms with E-state index in [4.69, 9.17) is 19.9 Å². The highest BCUT2D eigenvalue weighted by Crippen LogP contribution is 2.66. The van der Waals surface area contributed by atoms with Crippen LogP contribution in [0.3, 0.4) is 0 Å². The first kappa shape index (κ1) is 18.4. The number of nitrogens with two attached hydrogens (primary N) is 1. The molecular formula is C23H24N6O3. The molecule has 2 unspecified atom stereocenters. The van der Waals surface area contributed by atoms with Gasteiger partial charge >= 0.3 is 0 Å². The Morgan fingerprint density at radius 2 is 2.00 bits per heavy atom. The van der Waals surface area contributed by atoms with E-state index in [1.807, 2.05) is 55.0 Å². The van der Waals surface area contributed by atoms with E-state index < -0.39 is 5.79 Å². The van der Waals surface area contributed by atoms with Gasteiger partial charge in [0.1, 0.15) is 41.4 Å². The standard InChI is InChI=1S/C23H24N6O3/c1-22(2)31-18-15(29-7-4-14-20(24)26-12-27-21(14)29)10-23(19(18)32-22)11-16(23)30-13-3-6-28-8-5-25-17(28)9-13/h3-9,12,15-16,18-19H,10-11H2,1-2H3,(H2,24,26,27)/t15-,16?,18+,19+,23?/m1/s1. The van der Waals surface area contributed by atoms with Crippen molar-refractivity contribution in [3.63, 3.8) is 0 Å². The summed E-state index contributed by atoms with van der Waals surface area (Å²) in [7, 11) is 0. The zero-order chi connectivity index (χ0) is 21.7. The molecule has 4 aromatic rings. The molecule has 0 amide bonds. The Morgan fingerprint density at radius 1 is 1.09 bits per heavy atom. The number of pyridine rings is 1. The predicted molar refractivity (Wildman–Crippen MR) is 116 cm³/mol. The number of imidazole rings is 1. The number of ether oxygens (including phenoxy) is 3. The molecule has 9 heteroatoms. The van der Waals surface area contributed by atoms with Gasteiger partial charge in [0.25, 0.3) is 0 Å². The lowest BCUT2D eigenvalue weighted by Gasteiger charge is -2.25. The second-order valence-electron chi connectivity index (χ2n) is 9.61. The topological polar surface area (TPSA) is 102 Å². The Balaban J connectivity index is 1.23. The third-order valence-electron chi connectivity index (χ3n) is 7.26. The first-order valence-electron chi connectivity index (χ1n) is 11.0. The third kappa shape index (κ3) is 2.49. The number of anilines is 1. The summed E-state index contributed by atoms with van der Waals surface area (Å²) in [4.78, 5) is 13.0. The number of fused-ring (bicyclic) bond motifs is 4. The van der Waals surface area contributed by atoms with Crippen LogP contribution >= 0.6 is 0 Å². The molecule has 3 aliphatic rings. The number of aromatic nitrogens is 5. The summed E-state index contributed by atoms with van der Waals surface area (Å²) in [5.74, 6) is 0.680. The Labute approximate surface area is 184 Å². The van der Waals surface area contributed by atoms with E-state index in [9.17, 15) is 0 Å². The van der Waals surface area contributed by atoms with Crippen LogP contribution in [-0.2, 0) is 9.47 Å². The minimum atomic E-state index is -0.639.